The molecule has 2 bridgehead atoms. The van der Waals surface area contributed by atoms with Crippen LogP contribution in [0.3, 0.4) is 0 Å². The molecule has 256 valence electrons. The average molecular weight is 651 g/mol. The molecule has 47 heavy (non-hydrogen) atoms. The van der Waals surface area contributed by atoms with Gasteiger partial charge in [0.1, 0.15) is 30.5 Å². The molecule has 0 unspecified atom stereocenters. The third-order valence-electron chi connectivity index (χ3n) is 11.0. The third-order valence-corrected chi connectivity index (χ3v) is 11.0. The van der Waals surface area contributed by atoms with Gasteiger partial charge in [-0.05, 0) is 42.0 Å². The number of aromatic nitrogens is 1. The van der Waals surface area contributed by atoms with Crippen LogP contribution >= 0.6 is 0 Å². The molecule has 7 rings (SSSR count). The maximum absolute atomic E-state index is 12.0. The second-order valence-electron chi connectivity index (χ2n) is 13.9. The van der Waals surface area contributed by atoms with Gasteiger partial charge in [0.2, 0.25) is 5.56 Å². The van der Waals surface area contributed by atoms with Crippen LogP contribution in [0.5, 0.6) is 5.75 Å². The van der Waals surface area contributed by atoms with Gasteiger partial charge < -0.3 is 44.3 Å². The van der Waals surface area contributed by atoms with Crippen molar-refractivity contribution in [1.29, 1.82) is 0 Å². The van der Waals surface area contributed by atoms with E-state index in [1.54, 1.807) is 12.1 Å². The molecule has 4 heterocycles. The lowest BCUT2D eigenvalue weighted by molar-refractivity contribution is -0.946. The molecule has 3 aliphatic heterocycles. The normalized spacial score (nSPS) is 24.9. The van der Waals surface area contributed by atoms with E-state index in [4.69, 9.17) is 14.2 Å². The summed E-state index contributed by atoms with van der Waals surface area (Å²) in [5.74, 6) is 0.809. The van der Waals surface area contributed by atoms with E-state index in [1.807, 2.05) is 18.2 Å². The molecule has 5 N–H and O–H groups in total. The highest BCUT2D eigenvalue weighted by Gasteiger charge is 2.48. The Balaban J connectivity index is 0.875. The zero-order valence-corrected chi connectivity index (χ0v) is 27.4. The first kappa shape index (κ1) is 34.0. The molecule has 4 fully saturated rings. The number of quaternary nitrogens is 1. The van der Waals surface area contributed by atoms with Crippen LogP contribution in [-0.2, 0) is 19.8 Å². The highest BCUT2D eigenvalue weighted by molar-refractivity contribution is 5.87. The molecule has 1 aliphatic carbocycles. The Labute approximate surface area is 277 Å². The average Bonchev–Trinajstić information content (AvgIpc) is 3.65. The number of fused-ring (bicyclic) bond motifs is 4. The number of aromatic amines is 1. The van der Waals surface area contributed by atoms with E-state index in [2.05, 4.69) is 22.4 Å². The number of pyridine rings is 1. The van der Waals surface area contributed by atoms with Crippen LogP contribution in [0.2, 0.25) is 0 Å². The number of nitrogens with zero attached hydrogens (tertiary/aromatic N) is 1. The zero-order valence-electron chi connectivity index (χ0n) is 27.4. The summed E-state index contributed by atoms with van der Waals surface area (Å²) >= 11 is 0. The van der Waals surface area contributed by atoms with Crippen molar-refractivity contribution in [2.75, 3.05) is 72.3 Å². The number of ether oxygens (including phenoxy) is 3. The Morgan fingerprint density at radius 1 is 0.936 bits per heavy atom. The number of nitrogens with one attached hydrogen (secondary N) is 2. The van der Waals surface area contributed by atoms with Crippen molar-refractivity contribution < 1.29 is 34.0 Å². The fourth-order valence-electron chi connectivity index (χ4n) is 8.15. The van der Waals surface area contributed by atoms with Crippen LogP contribution in [-0.4, -0.2) is 103 Å². The van der Waals surface area contributed by atoms with Crippen LogP contribution in [0.1, 0.15) is 55.8 Å². The molecular weight excluding hydrogens is 598 g/mol. The first-order chi connectivity index (χ1) is 22.9. The first-order valence-electron chi connectivity index (χ1n) is 17.5. The summed E-state index contributed by atoms with van der Waals surface area (Å²) < 4.78 is 19.4. The number of aromatic hydroxyl groups is 1. The van der Waals surface area contributed by atoms with Gasteiger partial charge in [-0.3, -0.25) is 4.79 Å². The first-order valence-corrected chi connectivity index (χ1v) is 17.5. The molecule has 10 nitrogen and oxygen atoms in total. The number of phenolic OH excluding ortho intramolecular Hbond substituents is 1. The number of aliphatic hydroxyl groups excluding tert-OH is 1. The van der Waals surface area contributed by atoms with Gasteiger partial charge in [-0.1, -0.05) is 49.2 Å². The van der Waals surface area contributed by atoms with Crippen LogP contribution in [0.15, 0.2) is 59.4 Å². The van der Waals surface area contributed by atoms with E-state index in [0.717, 1.165) is 36.0 Å². The quantitative estimate of drug-likeness (QED) is 0.111. The van der Waals surface area contributed by atoms with Gasteiger partial charge >= 0.3 is 0 Å². The summed E-state index contributed by atoms with van der Waals surface area (Å²) in [6.07, 6.45) is 6.22. The van der Waals surface area contributed by atoms with Gasteiger partial charge in [-0.15, -0.1) is 0 Å². The summed E-state index contributed by atoms with van der Waals surface area (Å²) in [7, 11) is 0. The number of benzene rings is 2. The van der Waals surface area contributed by atoms with E-state index >= 15 is 0 Å². The number of hydrogen-bond acceptors (Lipinski definition) is 8. The predicted molar refractivity (Wildman–Crippen MR) is 180 cm³/mol. The number of hydrogen-bond donors (Lipinski definition) is 5. The van der Waals surface area contributed by atoms with Gasteiger partial charge in [0, 0.05) is 43.3 Å². The molecule has 3 atom stereocenters. The fraction of sp³-hybridized carbons (Fsp3) is 0.595. The summed E-state index contributed by atoms with van der Waals surface area (Å²) in [6, 6.07) is 16.3. The van der Waals surface area contributed by atoms with Gasteiger partial charge in [0.25, 0.3) is 0 Å². The molecule has 2 aromatic carbocycles. The van der Waals surface area contributed by atoms with E-state index in [-0.39, 0.29) is 23.3 Å². The third kappa shape index (κ3) is 8.08. The second kappa shape index (κ2) is 15.6. The lowest BCUT2D eigenvalue weighted by Gasteiger charge is -2.52. The molecule has 0 spiro atoms. The van der Waals surface area contributed by atoms with Crippen LogP contribution in [0.25, 0.3) is 10.9 Å². The summed E-state index contributed by atoms with van der Waals surface area (Å²) in [6.45, 7) is 7.80. The zero-order chi connectivity index (χ0) is 32.7. The minimum absolute atomic E-state index is 0.0253. The predicted octanol–water partition coefficient (Wildman–Crippen LogP) is 3.59. The Kier molecular flexibility index (Phi) is 11.3. The summed E-state index contributed by atoms with van der Waals surface area (Å²) in [4.78, 5) is 14.3. The molecule has 1 saturated carbocycles. The Morgan fingerprint density at radius 2 is 1.68 bits per heavy atom. The molecule has 10 heteroatoms. The Hall–Kier alpha value is -2.83. The van der Waals surface area contributed by atoms with Gasteiger partial charge in [0.15, 0.2) is 0 Å². The molecule has 3 aromatic rings. The molecule has 4 aliphatic rings. The number of H-pyrrole nitrogens is 1. The van der Waals surface area contributed by atoms with Crippen LogP contribution in [0, 0.1) is 11.8 Å². The largest absolute Gasteiger partial charge is 0.506 e. The topological polar surface area (TPSA) is 133 Å². The highest BCUT2D eigenvalue weighted by atomic mass is 16.5. The van der Waals surface area contributed by atoms with Crippen molar-refractivity contribution in [2.45, 2.75) is 56.3 Å². The van der Waals surface area contributed by atoms with Gasteiger partial charge in [-0.2, -0.15) is 0 Å². The number of piperidine rings is 3. The van der Waals surface area contributed by atoms with Crippen molar-refractivity contribution in [1.82, 2.24) is 10.3 Å². The van der Waals surface area contributed by atoms with Crippen molar-refractivity contribution in [3.8, 4) is 5.75 Å². The molecule has 1 aromatic heterocycles. The van der Waals surface area contributed by atoms with Crippen LogP contribution < -0.4 is 10.9 Å². The molecular formula is C37H52N3O7+. The van der Waals surface area contributed by atoms with E-state index in [9.17, 15) is 20.1 Å². The number of phenols is 1. The standard InChI is InChI=1S/C37H51N3O7/c41-32-12-10-30(31-11-13-35(43)39-36(31)32)33(42)24-38-16-20-45-22-23-46-21-19-40-17-14-27(15-18-40)34(25-40)47-26-37(44,29-8-4-5-9-29)28-6-2-1-3-7-28/h1-3,6-7,10-13,27,29,33-34,38,42,44H,4-5,8-9,14-26H2,(H-,39,41,43)/p+1/t27?,33-,34-,37+,40?/m0/s1. The lowest BCUT2D eigenvalue weighted by atomic mass is 9.80. The van der Waals surface area contributed by atoms with Gasteiger partial charge in [-0.25, -0.2) is 0 Å². The Morgan fingerprint density at radius 3 is 2.45 bits per heavy atom. The van der Waals surface area contributed by atoms with E-state index in [0.29, 0.717) is 68.5 Å². The smallest absolute Gasteiger partial charge is 0.248 e. The van der Waals surface area contributed by atoms with Crippen LogP contribution in [0.4, 0.5) is 0 Å². The van der Waals surface area contributed by atoms with Crippen molar-refractivity contribution in [3.05, 3.63) is 76.1 Å². The summed E-state index contributed by atoms with van der Waals surface area (Å²) in [5.41, 5.74) is 0.725. The molecule has 0 amide bonds. The SMILES string of the molecule is O=c1ccc2c([C@@H](O)CNCCOCCOCC[N+]34CCC(CC3)[C@@H](OC[C@@](O)(c3ccccc3)C3CCCC3)C4)ccc(O)c2[nH]1. The van der Waals surface area contributed by atoms with E-state index in [1.165, 1.54) is 50.9 Å². The molecule has 3 saturated heterocycles. The van der Waals surface area contributed by atoms with Crippen molar-refractivity contribution in [2.24, 2.45) is 11.8 Å². The minimum Gasteiger partial charge on any atom is -0.506 e. The second-order valence-corrected chi connectivity index (χ2v) is 13.9. The fourth-order valence-corrected chi connectivity index (χ4v) is 8.15. The lowest BCUT2D eigenvalue weighted by Crippen LogP contribution is -2.65. The van der Waals surface area contributed by atoms with Crippen molar-refractivity contribution in [3.63, 3.8) is 0 Å². The minimum atomic E-state index is -0.919. The highest BCUT2D eigenvalue weighted by Crippen LogP contribution is 2.42. The maximum atomic E-state index is 12.0. The van der Waals surface area contributed by atoms with Gasteiger partial charge in [0.05, 0.1) is 57.7 Å². The molecule has 0 radical (unpaired) electrons. The number of rotatable bonds is 17. The van der Waals surface area contributed by atoms with Crippen molar-refractivity contribution >= 4 is 10.9 Å². The Bertz CT molecular complexity index is 1490. The number of aliphatic hydroxyl groups is 2. The maximum Gasteiger partial charge on any atom is 0.248 e. The monoisotopic (exact) mass is 650 g/mol. The summed E-state index contributed by atoms with van der Waals surface area (Å²) in [5, 5.41) is 36.5. The van der Waals surface area contributed by atoms with E-state index < -0.39 is 11.7 Å².